The Balaban J connectivity index is 1.47. The number of amides is 1. The van der Waals surface area contributed by atoms with E-state index in [1.54, 1.807) is 29.9 Å². The minimum Gasteiger partial charge on any atom is -0.332 e. The summed E-state index contributed by atoms with van der Waals surface area (Å²) in [4.78, 5) is 56.0. The molecule has 4 aromatic heterocycles. The number of carbonyl (C=O) groups excluding carboxylic acids is 1. The molecule has 35 heavy (non-hydrogen) atoms. The summed E-state index contributed by atoms with van der Waals surface area (Å²) >= 11 is 0. The van der Waals surface area contributed by atoms with Crippen LogP contribution in [0.2, 0.25) is 0 Å². The first-order chi connectivity index (χ1) is 16.9. The van der Waals surface area contributed by atoms with Crippen molar-refractivity contribution in [1.29, 1.82) is 0 Å². The van der Waals surface area contributed by atoms with Crippen molar-refractivity contribution in [2.24, 2.45) is 0 Å². The van der Waals surface area contributed by atoms with Gasteiger partial charge in [0, 0.05) is 37.6 Å². The van der Waals surface area contributed by atoms with Crippen molar-refractivity contribution >= 4 is 22.9 Å². The number of H-pyrrole nitrogens is 1. The summed E-state index contributed by atoms with van der Waals surface area (Å²) in [7, 11) is 1.58. The van der Waals surface area contributed by atoms with E-state index in [0.717, 1.165) is 19.3 Å². The van der Waals surface area contributed by atoms with Crippen LogP contribution in [0.15, 0.2) is 46.2 Å². The van der Waals surface area contributed by atoms with Crippen LogP contribution >= 0.6 is 0 Å². The van der Waals surface area contributed by atoms with Crippen molar-refractivity contribution in [3.8, 4) is 11.4 Å². The zero-order valence-electron chi connectivity index (χ0n) is 19.4. The van der Waals surface area contributed by atoms with Crippen LogP contribution in [-0.4, -0.2) is 42.0 Å². The number of anilines is 1. The molecule has 1 aliphatic rings. The number of hydrogen-bond donors (Lipinski definition) is 1. The second kappa shape index (κ2) is 8.90. The van der Waals surface area contributed by atoms with Crippen LogP contribution in [-0.2, 0) is 13.2 Å². The van der Waals surface area contributed by atoms with Crippen molar-refractivity contribution in [2.45, 2.75) is 45.4 Å². The van der Waals surface area contributed by atoms with Crippen molar-refractivity contribution in [3.05, 3.63) is 68.8 Å². The van der Waals surface area contributed by atoms with Gasteiger partial charge < -0.3 is 4.98 Å². The second-order valence-electron chi connectivity index (χ2n) is 8.57. The van der Waals surface area contributed by atoms with Gasteiger partial charge in [-0.3, -0.25) is 28.6 Å². The van der Waals surface area contributed by atoms with Crippen LogP contribution in [0.5, 0.6) is 0 Å². The third-order valence-corrected chi connectivity index (χ3v) is 6.05. The highest BCUT2D eigenvalue weighted by Crippen LogP contribution is 2.32. The van der Waals surface area contributed by atoms with Crippen LogP contribution in [0, 0.1) is 0 Å². The van der Waals surface area contributed by atoms with E-state index in [-0.39, 0.29) is 28.9 Å². The van der Waals surface area contributed by atoms with Gasteiger partial charge in [-0.15, -0.1) is 0 Å². The number of rotatable bonds is 7. The number of aromatic amines is 1. The molecule has 0 radical (unpaired) electrons. The zero-order valence-corrected chi connectivity index (χ0v) is 19.4. The number of alkyl halides is 1. The molecule has 1 amide bonds. The van der Waals surface area contributed by atoms with Gasteiger partial charge in [0.15, 0.2) is 5.65 Å². The van der Waals surface area contributed by atoms with E-state index in [0.29, 0.717) is 40.5 Å². The number of nitrogens with one attached hydrogen (secondary N) is 1. The molecular weight excluding hydrogens is 453 g/mol. The number of carbonyl (C=O) groups is 1. The van der Waals surface area contributed by atoms with E-state index in [1.165, 1.54) is 27.8 Å². The van der Waals surface area contributed by atoms with Crippen LogP contribution in [0.3, 0.4) is 0 Å². The van der Waals surface area contributed by atoms with E-state index < -0.39 is 6.67 Å². The van der Waals surface area contributed by atoms with Gasteiger partial charge in [-0.1, -0.05) is 6.92 Å². The predicted molar refractivity (Wildman–Crippen MR) is 128 cm³/mol. The third-order valence-electron chi connectivity index (χ3n) is 6.05. The zero-order chi connectivity index (χ0) is 24.7. The van der Waals surface area contributed by atoms with Crippen LogP contribution < -0.4 is 16.1 Å². The molecule has 1 N–H and O–H groups in total. The van der Waals surface area contributed by atoms with E-state index >= 15 is 0 Å². The average molecular weight is 478 g/mol. The van der Waals surface area contributed by atoms with Crippen molar-refractivity contribution < 1.29 is 9.18 Å². The third kappa shape index (κ3) is 4.02. The largest absolute Gasteiger partial charge is 0.333 e. The molecule has 5 rings (SSSR count). The molecule has 1 fully saturated rings. The molecule has 11 heteroatoms. The molecular formula is C24H24FN7O3. The number of aryl methyl sites for hydroxylation is 1. The lowest BCUT2D eigenvalue weighted by Crippen LogP contribution is -2.39. The Bertz CT molecular complexity index is 1520. The molecule has 0 bridgehead atoms. The first-order valence-electron chi connectivity index (χ1n) is 11.4. The molecule has 0 aliphatic heterocycles. The predicted octanol–water partition coefficient (Wildman–Crippen LogP) is 2.83. The highest BCUT2D eigenvalue weighted by molar-refractivity contribution is 6.05. The first-order valence-corrected chi connectivity index (χ1v) is 11.4. The minimum atomic E-state index is -0.696. The Kier molecular flexibility index (Phi) is 5.75. The highest BCUT2D eigenvalue weighted by Gasteiger charge is 2.30. The molecule has 4 aromatic rings. The summed E-state index contributed by atoms with van der Waals surface area (Å²) in [5.41, 5.74) is 1.11. The van der Waals surface area contributed by atoms with Gasteiger partial charge in [-0.05, 0) is 43.5 Å². The lowest BCUT2D eigenvalue weighted by Gasteiger charge is -2.16. The Morgan fingerprint density at radius 3 is 2.57 bits per heavy atom. The Labute approximate surface area is 199 Å². The van der Waals surface area contributed by atoms with Crippen LogP contribution in [0.1, 0.15) is 48.3 Å². The van der Waals surface area contributed by atoms with Gasteiger partial charge in [0.25, 0.3) is 11.5 Å². The number of hydrogen-bond acceptors (Lipinski definition) is 6. The summed E-state index contributed by atoms with van der Waals surface area (Å²) in [5.74, 6) is 0.466. The molecule has 0 aromatic carbocycles. The molecule has 1 aliphatic carbocycles. The molecule has 180 valence electrons. The molecule has 0 spiro atoms. The lowest BCUT2D eigenvalue weighted by molar-refractivity contribution is 0.0992. The second-order valence-corrected chi connectivity index (χ2v) is 8.57. The fourth-order valence-electron chi connectivity index (χ4n) is 4.01. The SMILES string of the molecule is CCCn1c(=O)n(C2CC2)c(=O)c2[nH]c(-c3ccc(N(C)C(=O)c4ccc(CF)nc4)nc3)nc21. The van der Waals surface area contributed by atoms with Gasteiger partial charge in [0.1, 0.15) is 23.8 Å². The summed E-state index contributed by atoms with van der Waals surface area (Å²) in [6.45, 7) is 1.72. The summed E-state index contributed by atoms with van der Waals surface area (Å²) < 4.78 is 15.6. The standard InChI is InChI=1S/C24H24FN7O3/c1-3-10-31-21-19(23(34)32(24(31)35)17-7-8-17)28-20(29-21)14-5-9-18(27-12-14)30(2)22(33)15-4-6-16(11-25)26-13-15/h4-6,9,12-13,17H,3,7-8,10-11H2,1-2H3,(H,28,29). The monoisotopic (exact) mass is 477 g/mol. The minimum absolute atomic E-state index is 0.0494. The average Bonchev–Trinajstić information content (AvgIpc) is 3.62. The number of pyridine rings is 2. The molecule has 0 atom stereocenters. The van der Waals surface area contributed by atoms with Gasteiger partial charge in [-0.2, -0.15) is 0 Å². The Hall–Kier alpha value is -4.15. The van der Waals surface area contributed by atoms with Crippen LogP contribution in [0.25, 0.3) is 22.6 Å². The van der Waals surface area contributed by atoms with Gasteiger partial charge in [0.05, 0.1) is 11.3 Å². The number of nitrogens with zero attached hydrogens (tertiary/aromatic N) is 6. The lowest BCUT2D eigenvalue weighted by atomic mass is 10.2. The van der Waals surface area contributed by atoms with Crippen molar-refractivity contribution in [3.63, 3.8) is 0 Å². The molecule has 0 unspecified atom stereocenters. The molecule has 4 heterocycles. The topological polar surface area (TPSA) is 119 Å². The summed E-state index contributed by atoms with van der Waals surface area (Å²) in [6.07, 6.45) is 5.25. The van der Waals surface area contributed by atoms with Crippen molar-refractivity contribution in [2.75, 3.05) is 11.9 Å². The molecule has 10 nitrogen and oxygen atoms in total. The number of halogens is 1. The summed E-state index contributed by atoms with van der Waals surface area (Å²) in [6, 6.07) is 6.33. The molecule has 1 saturated carbocycles. The van der Waals surface area contributed by atoms with E-state index in [4.69, 9.17) is 0 Å². The first kappa shape index (κ1) is 22.6. The van der Waals surface area contributed by atoms with Crippen molar-refractivity contribution in [1.82, 2.24) is 29.1 Å². The maximum Gasteiger partial charge on any atom is 0.333 e. The maximum atomic E-state index is 13.0. The highest BCUT2D eigenvalue weighted by atomic mass is 19.1. The number of aromatic nitrogens is 6. The number of fused-ring (bicyclic) bond motifs is 1. The fourth-order valence-corrected chi connectivity index (χ4v) is 4.01. The van der Waals surface area contributed by atoms with Gasteiger partial charge in [0.2, 0.25) is 0 Å². The van der Waals surface area contributed by atoms with Gasteiger partial charge in [-0.25, -0.2) is 19.2 Å². The van der Waals surface area contributed by atoms with E-state index in [1.807, 2.05) is 6.92 Å². The normalized spacial score (nSPS) is 13.3. The Morgan fingerprint density at radius 2 is 1.97 bits per heavy atom. The number of imidazole rings is 1. The van der Waals surface area contributed by atoms with Gasteiger partial charge >= 0.3 is 5.69 Å². The molecule has 0 saturated heterocycles. The van der Waals surface area contributed by atoms with Crippen LogP contribution in [0.4, 0.5) is 10.2 Å². The van der Waals surface area contributed by atoms with E-state index in [9.17, 15) is 18.8 Å². The Morgan fingerprint density at radius 1 is 1.17 bits per heavy atom. The quantitative estimate of drug-likeness (QED) is 0.437. The van der Waals surface area contributed by atoms with E-state index in [2.05, 4.69) is 19.9 Å². The fraction of sp³-hybridized carbons (Fsp3) is 0.333. The smallest absolute Gasteiger partial charge is 0.332 e. The summed E-state index contributed by atoms with van der Waals surface area (Å²) in [5, 5.41) is 0. The maximum absolute atomic E-state index is 13.0.